The van der Waals surface area contributed by atoms with E-state index in [-0.39, 0.29) is 29.8 Å². The average molecular weight is 612 g/mol. The highest BCUT2D eigenvalue weighted by atomic mass is 32.2. The van der Waals surface area contributed by atoms with Crippen molar-refractivity contribution < 1.29 is 46.5 Å². The molecule has 3 aromatic rings. The van der Waals surface area contributed by atoms with Gasteiger partial charge in [-0.2, -0.15) is 13.2 Å². The highest BCUT2D eigenvalue weighted by molar-refractivity contribution is 7.92. The molecule has 0 fully saturated rings. The van der Waals surface area contributed by atoms with Crippen molar-refractivity contribution in [2.45, 2.75) is 38.1 Å². The Morgan fingerprint density at radius 1 is 0.929 bits per heavy atom. The van der Waals surface area contributed by atoms with Crippen LogP contribution in [0.1, 0.15) is 29.7 Å². The molecule has 0 spiro atoms. The van der Waals surface area contributed by atoms with E-state index in [4.69, 9.17) is 9.90 Å². The van der Waals surface area contributed by atoms with Crippen LogP contribution < -0.4 is 15.4 Å². The highest BCUT2D eigenvalue weighted by Crippen LogP contribution is 2.26. The first-order chi connectivity index (χ1) is 19.5. The van der Waals surface area contributed by atoms with E-state index in [9.17, 15) is 36.6 Å². The van der Waals surface area contributed by atoms with Crippen LogP contribution in [0, 0.1) is 0 Å². The zero-order chi connectivity index (χ0) is 31.5. The van der Waals surface area contributed by atoms with E-state index in [2.05, 4.69) is 15.4 Å². The number of nitrogens with one attached hydrogen (secondary N) is 3. The second-order valence-electron chi connectivity index (χ2n) is 9.34. The normalized spacial score (nSPS) is 12.8. The van der Waals surface area contributed by atoms with Gasteiger partial charge in [0.25, 0.3) is 0 Å². The summed E-state index contributed by atoms with van der Waals surface area (Å²) >= 11 is 0. The van der Waals surface area contributed by atoms with Crippen LogP contribution >= 0.6 is 0 Å². The van der Waals surface area contributed by atoms with Crippen molar-refractivity contribution in [2.24, 2.45) is 0 Å². The first kappa shape index (κ1) is 34.1. The summed E-state index contributed by atoms with van der Waals surface area (Å²) in [5.74, 6) is -3.08. The summed E-state index contributed by atoms with van der Waals surface area (Å²) in [6.45, 7) is 1.75. The predicted molar refractivity (Wildman–Crippen MR) is 152 cm³/mol. The molecule has 1 unspecified atom stereocenters. The standard InChI is InChI=1S/C26H31N3O5S.C2HF3O2/c1-18(30)28-22-11-9-21(10-12-22)24(15-19-6-4-3-5-7-19)27-17-23(31)14-20-8-13-26(32)25(16-20)29-35(2,33)34;3-2(4,5)1(6)7/h3-13,16,23-24,27,29,31-32H,14-15,17H2,1-2H3,(H,28,30);(H,6,7)/t23-,24?;/m0./s1. The minimum Gasteiger partial charge on any atom is -0.506 e. The number of carboxylic acid groups (broad SMARTS) is 1. The molecular formula is C28H32F3N3O7S. The van der Waals surface area contributed by atoms with E-state index in [1.165, 1.54) is 19.1 Å². The Kier molecular flexibility index (Phi) is 12.3. The number of phenols is 1. The molecule has 0 heterocycles. The molecule has 0 aliphatic heterocycles. The lowest BCUT2D eigenvalue weighted by molar-refractivity contribution is -0.192. The predicted octanol–water partition coefficient (Wildman–Crippen LogP) is 3.83. The number of carbonyl (C=O) groups excluding carboxylic acids is 1. The molecule has 6 N–H and O–H groups in total. The minimum atomic E-state index is -5.08. The Morgan fingerprint density at radius 3 is 2.05 bits per heavy atom. The molecule has 1 amide bonds. The zero-order valence-corrected chi connectivity index (χ0v) is 23.5. The molecule has 0 saturated heterocycles. The van der Waals surface area contributed by atoms with Gasteiger partial charge in [0, 0.05) is 25.2 Å². The number of alkyl halides is 3. The summed E-state index contributed by atoms with van der Waals surface area (Å²) in [6.07, 6.45) is -3.85. The number of benzene rings is 3. The number of aliphatic hydroxyl groups is 1. The number of aliphatic hydroxyl groups excluding tert-OH is 1. The molecule has 228 valence electrons. The number of aromatic hydroxyl groups is 1. The fourth-order valence-corrected chi connectivity index (χ4v) is 4.34. The number of aliphatic carboxylic acids is 1. The Bertz CT molecular complexity index is 1440. The van der Waals surface area contributed by atoms with Crippen molar-refractivity contribution >= 4 is 33.3 Å². The molecule has 0 saturated carbocycles. The summed E-state index contributed by atoms with van der Waals surface area (Å²) < 4.78 is 57.1. The monoisotopic (exact) mass is 611 g/mol. The van der Waals surface area contributed by atoms with Crippen molar-refractivity contribution in [1.29, 1.82) is 0 Å². The van der Waals surface area contributed by atoms with Gasteiger partial charge in [0.05, 0.1) is 18.0 Å². The van der Waals surface area contributed by atoms with Crippen LogP contribution in [-0.2, 0) is 32.5 Å². The lowest BCUT2D eigenvalue weighted by Crippen LogP contribution is -2.32. The van der Waals surface area contributed by atoms with Gasteiger partial charge in [0.2, 0.25) is 15.9 Å². The fraction of sp³-hybridized carbons (Fsp3) is 0.286. The number of rotatable bonds is 11. The topological polar surface area (TPSA) is 165 Å². The Labute approximate surface area is 241 Å². The van der Waals surface area contributed by atoms with Gasteiger partial charge in [-0.1, -0.05) is 48.5 Å². The number of anilines is 2. The van der Waals surface area contributed by atoms with Gasteiger partial charge in [-0.3, -0.25) is 9.52 Å². The van der Waals surface area contributed by atoms with Gasteiger partial charge in [0.1, 0.15) is 5.75 Å². The van der Waals surface area contributed by atoms with Crippen molar-refractivity contribution in [3.8, 4) is 5.75 Å². The van der Waals surface area contributed by atoms with Crippen molar-refractivity contribution in [1.82, 2.24) is 5.32 Å². The number of amides is 1. The first-order valence-electron chi connectivity index (χ1n) is 12.5. The summed E-state index contributed by atoms with van der Waals surface area (Å²) in [7, 11) is -3.54. The molecule has 0 aliphatic carbocycles. The maximum Gasteiger partial charge on any atom is 0.490 e. The van der Waals surface area contributed by atoms with Crippen LogP contribution in [0.4, 0.5) is 24.5 Å². The molecule has 10 nitrogen and oxygen atoms in total. The lowest BCUT2D eigenvalue weighted by atomic mass is 9.98. The Balaban J connectivity index is 0.000000782. The third kappa shape index (κ3) is 12.6. The SMILES string of the molecule is CC(=O)Nc1ccc(C(Cc2ccccc2)NC[C@@H](O)Cc2ccc(O)c(NS(C)(=O)=O)c2)cc1.O=C(O)C(F)(F)F. The third-order valence-corrected chi connectivity index (χ3v) is 6.18. The van der Waals surface area contributed by atoms with E-state index in [1.54, 1.807) is 6.07 Å². The molecule has 3 rings (SSSR count). The first-order valence-corrected chi connectivity index (χ1v) is 14.4. The minimum absolute atomic E-state index is 0.0753. The van der Waals surface area contributed by atoms with Crippen LogP contribution in [0.2, 0.25) is 0 Å². The summed E-state index contributed by atoms with van der Waals surface area (Å²) in [5.41, 5.74) is 3.62. The number of halogens is 3. The number of carbonyl (C=O) groups is 2. The number of hydrogen-bond acceptors (Lipinski definition) is 7. The maximum absolute atomic E-state index is 11.5. The second kappa shape index (κ2) is 15.2. The number of phenolic OH excluding ortho intramolecular Hbond substituents is 1. The molecule has 0 bridgehead atoms. The third-order valence-electron chi connectivity index (χ3n) is 5.59. The highest BCUT2D eigenvalue weighted by Gasteiger charge is 2.38. The van der Waals surface area contributed by atoms with Crippen LogP contribution in [0.5, 0.6) is 5.75 Å². The molecule has 0 aromatic heterocycles. The van der Waals surface area contributed by atoms with Crippen molar-refractivity contribution in [3.63, 3.8) is 0 Å². The molecule has 3 aromatic carbocycles. The molecule has 14 heteroatoms. The second-order valence-corrected chi connectivity index (χ2v) is 11.1. The smallest absolute Gasteiger partial charge is 0.490 e. The van der Waals surface area contributed by atoms with E-state index < -0.39 is 28.3 Å². The quantitative estimate of drug-likeness (QED) is 0.178. The largest absolute Gasteiger partial charge is 0.506 e. The van der Waals surface area contributed by atoms with Gasteiger partial charge in [-0.25, -0.2) is 13.2 Å². The summed E-state index contributed by atoms with van der Waals surface area (Å²) in [4.78, 5) is 20.2. The van der Waals surface area contributed by atoms with Crippen LogP contribution in [0.15, 0.2) is 72.8 Å². The van der Waals surface area contributed by atoms with Gasteiger partial charge in [-0.05, 0) is 53.8 Å². The number of sulfonamides is 1. The Hall–Kier alpha value is -4.14. The summed E-state index contributed by atoms with van der Waals surface area (Å²) in [5, 5.41) is 33.9. The van der Waals surface area contributed by atoms with Crippen molar-refractivity contribution in [2.75, 3.05) is 22.8 Å². The van der Waals surface area contributed by atoms with E-state index in [0.717, 1.165) is 17.4 Å². The van der Waals surface area contributed by atoms with Gasteiger partial charge in [0.15, 0.2) is 0 Å². The molecule has 2 atom stereocenters. The lowest BCUT2D eigenvalue weighted by Gasteiger charge is -2.22. The maximum atomic E-state index is 11.5. The molecule has 0 aliphatic rings. The summed E-state index contributed by atoms with van der Waals surface area (Å²) in [6, 6.07) is 22.1. The van der Waals surface area contributed by atoms with Gasteiger partial charge >= 0.3 is 12.1 Å². The zero-order valence-electron chi connectivity index (χ0n) is 22.7. The number of hydrogen-bond donors (Lipinski definition) is 6. The van der Waals surface area contributed by atoms with Gasteiger partial charge < -0.3 is 26.0 Å². The number of carboxylic acids is 1. The average Bonchev–Trinajstić information content (AvgIpc) is 2.88. The molecule has 42 heavy (non-hydrogen) atoms. The molecular weight excluding hydrogens is 579 g/mol. The fourth-order valence-electron chi connectivity index (χ4n) is 3.77. The van der Waals surface area contributed by atoms with Crippen LogP contribution in [0.25, 0.3) is 0 Å². The Morgan fingerprint density at radius 2 is 1.52 bits per heavy atom. The van der Waals surface area contributed by atoms with Crippen LogP contribution in [-0.4, -0.2) is 60.7 Å². The molecule has 0 radical (unpaired) electrons. The van der Waals surface area contributed by atoms with E-state index in [1.807, 2.05) is 54.6 Å². The van der Waals surface area contributed by atoms with Crippen LogP contribution in [0.3, 0.4) is 0 Å². The van der Waals surface area contributed by atoms with E-state index >= 15 is 0 Å². The van der Waals surface area contributed by atoms with E-state index in [0.29, 0.717) is 24.2 Å². The van der Waals surface area contributed by atoms with Crippen molar-refractivity contribution in [3.05, 3.63) is 89.5 Å². The van der Waals surface area contributed by atoms with Gasteiger partial charge in [-0.15, -0.1) is 0 Å².